The highest BCUT2D eigenvalue weighted by atomic mass is 32.2. The largest absolute Gasteiger partial charge is 0.497 e. The molecule has 0 spiro atoms. The Bertz CT molecular complexity index is 780. The van der Waals surface area contributed by atoms with Gasteiger partial charge in [-0.2, -0.15) is 0 Å². The molecule has 0 bridgehead atoms. The average molecular weight is 361 g/mol. The lowest BCUT2D eigenvalue weighted by atomic mass is 10.2. The molecule has 0 fully saturated rings. The van der Waals surface area contributed by atoms with E-state index in [1.54, 1.807) is 19.2 Å². The zero-order valence-electron chi connectivity index (χ0n) is 13.2. The van der Waals surface area contributed by atoms with E-state index in [0.717, 1.165) is 16.7 Å². The molecule has 9 heteroatoms. The van der Waals surface area contributed by atoms with Crippen LogP contribution in [0.5, 0.6) is 5.75 Å². The zero-order valence-corrected chi connectivity index (χ0v) is 14.0. The lowest BCUT2D eigenvalue weighted by Crippen LogP contribution is -2.42. The minimum absolute atomic E-state index is 0.0808. The van der Waals surface area contributed by atoms with E-state index < -0.39 is 16.7 Å². The molecule has 0 aliphatic heterocycles. The lowest BCUT2D eigenvalue weighted by molar-refractivity contribution is -0.384. The van der Waals surface area contributed by atoms with Gasteiger partial charge in [-0.3, -0.25) is 30.6 Å². The van der Waals surface area contributed by atoms with Crippen molar-refractivity contribution in [1.29, 1.82) is 0 Å². The molecule has 0 atom stereocenters. The predicted molar refractivity (Wildman–Crippen MR) is 92.4 cm³/mol. The number of rotatable bonds is 6. The maximum Gasteiger partial charge on any atom is 0.270 e. The molecule has 8 nitrogen and oxygen atoms in total. The Hall–Kier alpha value is -3.07. The SMILES string of the molecule is COc1ccc(SCC(=O)NNC(=O)c2cccc([N+](=O)[O-])c2)cc1. The van der Waals surface area contributed by atoms with Crippen molar-refractivity contribution in [2.45, 2.75) is 4.90 Å². The molecule has 0 unspecified atom stereocenters. The van der Waals surface area contributed by atoms with Gasteiger partial charge in [0.05, 0.1) is 17.8 Å². The Balaban J connectivity index is 1.81. The maximum absolute atomic E-state index is 11.9. The van der Waals surface area contributed by atoms with Crippen LogP contribution in [0.2, 0.25) is 0 Å². The Morgan fingerprint density at radius 1 is 1.16 bits per heavy atom. The van der Waals surface area contributed by atoms with Gasteiger partial charge >= 0.3 is 0 Å². The number of carbonyl (C=O) groups is 2. The summed E-state index contributed by atoms with van der Waals surface area (Å²) in [6.07, 6.45) is 0. The van der Waals surface area contributed by atoms with Crippen LogP contribution in [0.25, 0.3) is 0 Å². The summed E-state index contributed by atoms with van der Waals surface area (Å²) in [5, 5.41) is 10.7. The van der Waals surface area contributed by atoms with Crippen molar-refractivity contribution in [3.05, 3.63) is 64.2 Å². The van der Waals surface area contributed by atoms with Crippen LogP contribution in [0.3, 0.4) is 0 Å². The number of nitro groups is 1. The lowest BCUT2D eigenvalue weighted by Gasteiger charge is -2.07. The highest BCUT2D eigenvalue weighted by Crippen LogP contribution is 2.20. The highest BCUT2D eigenvalue weighted by Gasteiger charge is 2.12. The first kappa shape index (κ1) is 18.3. The molecule has 0 aliphatic carbocycles. The normalized spacial score (nSPS) is 9.96. The Kier molecular flexibility index (Phi) is 6.35. The van der Waals surface area contributed by atoms with Crippen molar-refractivity contribution in [1.82, 2.24) is 10.9 Å². The van der Waals surface area contributed by atoms with Crippen molar-refractivity contribution in [3.63, 3.8) is 0 Å². The summed E-state index contributed by atoms with van der Waals surface area (Å²) in [6, 6.07) is 12.4. The number of hydrogen-bond acceptors (Lipinski definition) is 6. The number of thioether (sulfide) groups is 1. The Morgan fingerprint density at radius 3 is 2.52 bits per heavy atom. The smallest absolute Gasteiger partial charge is 0.270 e. The van der Waals surface area contributed by atoms with Crippen molar-refractivity contribution >= 4 is 29.3 Å². The van der Waals surface area contributed by atoms with Crippen molar-refractivity contribution < 1.29 is 19.2 Å². The van der Waals surface area contributed by atoms with Gasteiger partial charge in [0.2, 0.25) is 5.91 Å². The third-order valence-corrected chi connectivity index (χ3v) is 4.08. The van der Waals surface area contributed by atoms with E-state index in [4.69, 9.17) is 4.74 Å². The van der Waals surface area contributed by atoms with Crippen LogP contribution in [-0.4, -0.2) is 29.6 Å². The molecular weight excluding hydrogens is 346 g/mol. The third-order valence-electron chi connectivity index (χ3n) is 3.06. The third kappa shape index (κ3) is 5.50. The fourth-order valence-electron chi connectivity index (χ4n) is 1.82. The van der Waals surface area contributed by atoms with E-state index in [2.05, 4.69) is 10.9 Å². The van der Waals surface area contributed by atoms with E-state index in [1.165, 1.54) is 30.0 Å². The second-order valence-corrected chi connectivity index (χ2v) is 5.82. The van der Waals surface area contributed by atoms with Crippen LogP contribution in [0.4, 0.5) is 5.69 Å². The molecule has 2 rings (SSSR count). The molecule has 2 amide bonds. The molecule has 0 heterocycles. The topological polar surface area (TPSA) is 111 Å². The quantitative estimate of drug-likeness (QED) is 0.463. The Morgan fingerprint density at radius 2 is 1.88 bits per heavy atom. The van der Waals surface area contributed by atoms with Crippen LogP contribution < -0.4 is 15.6 Å². The van der Waals surface area contributed by atoms with Gasteiger partial charge in [0.1, 0.15) is 5.75 Å². The number of hydrogen-bond donors (Lipinski definition) is 2. The first-order valence-electron chi connectivity index (χ1n) is 7.10. The van der Waals surface area contributed by atoms with Gasteiger partial charge in [0.25, 0.3) is 11.6 Å². The fourth-order valence-corrected chi connectivity index (χ4v) is 2.51. The summed E-state index contributed by atoms with van der Waals surface area (Å²) in [5.41, 5.74) is 4.37. The maximum atomic E-state index is 11.9. The van der Waals surface area contributed by atoms with E-state index in [1.807, 2.05) is 12.1 Å². The summed E-state index contributed by atoms with van der Waals surface area (Å²) in [6.45, 7) is 0. The van der Waals surface area contributed by atoms with Crippen molar-refractivity contribution in [3.8, 4) is 5.75 Å². The fraction of sp³-hybridized carbons (Fsp3) is 0.125. The number of nitro benzene ring substituents is 1. The standard InChI is InChI=1S/C16H15N3O5S/c1-24-13-5-7-14(8-6-13)25-10-15(20)17-18-16(21)11-3-2-4-12(9-11)19(22)23/h2-9H,10H2,1H3,(H,17,20)(H,18,21). The van der Waals surface area contributed by atoms with Crippen LogP contribution in [-0.2, 0) is 4.79 Å². The van der Waals surface area contributed by atoms with E-state index >= 15 is 0 Å². The number of amides is 2. The molecular formula is C16H15N3O5S. The van der Waals surface area contributed by atoms with Gasteiger partial charge < -0.3 is 4.74 Å². The minimum atomic E-state index is -0.633. The van der Waals surface area contributed by atoms with Crippen molar-refractivity contribution in [2.24, 2.45) is 0 Å². The molecule has 130 valence electrons. The van der Waals surface area contributed by atoms with Crippen LogP contribution in [0.1, 0.15) is 10.4 Å². The van der Waals surface area contributed by atoms with Crippen molar-refractivity contribution in [2.75, 3.05) is 12.9 Å². The summed E-state index contributed by atoms with van der Waals surface area (Å²) in [7, 11) is 1.57. The number of non-ortho nitro benzene ring substituents is 1. The van der Waals surface area contributed by atoms with Gasteiger partial charge in [0, 0.05) is 22.6 Å². The first-order valence-corrected chi connectivity index (χ1v) is 8.08. The van der Waals surface area contributed by atoms with Gasteiger partial charge in [0.15, 0.2) is 0 Å². The highest BCUT2D eigenvalue weighted by molar-refractivity contribution is 8.00. The number of carbonyl (C=O) groups excluding carboxylic acids is 2. The average Bonchev–Trinajstić information content (AvgIpc) is 2.64. The number of ether oxygens (including phenoxy) is 1. The molecule has 0 saturated carbocycles. The predicted octanol–water partition coefficient (Wildman–Crippen LogP) is 2.16. The van der Waals surface area contributed by atoms with E-state index in [9.17, 15) is 19.7 Å². The molecule has 2 N–H and O–H groups in total. The zero-order chi connectivity index (χ0) is 18.2. The molecule has 0 aliphatic rings. The van der Waals surface area contributed by atoms with Crippen LogP contribution >= 0.6 is 11.8 Å². The van der Waals surface area contributed by atoms with E-state index in [-0.39, 0.29) is 17.0 Å². The molecule has 25 heavy (non-hydrogen) atoms. The molecule has 0 aromatic heterocycles. The number of nitrogens with zero attached hydrogens (tertiary/aromatic N) is 1. The van der Waals surface area contributed by atoms with Gasteiger partial charge in [-0.15, -0.1) is 11.8 Å². The second kappa shape index (κ2) is 8.69. The summed E-state index contributed by atoms with van der Waals surface area (Å²) < 4.78 is 5.05. The number of nitrogens with one attached hydrogen (secondary N) is 2. The van der Waals surface area contributed by atoms with Gasteiger partial charge in [-0.1, -0.05) is 6.07 Å². The molecule has 2 aromatic rings. The summed E-state index contributed by atoms with van der Waals surface area (Å²) in [4.78, 5) is 34.6. The van der Waals surface area contributed by atoms with Gasteiger partial charge in [-0.25, -0.2) is 0 Å². The summed E-state index contributed by atoms with van der Waals surface area (Å²) in [5.74, 6) is -0.217. The number of benzene rings is 2. The summed E-state index contributed by atoms with van der Waals surface area (Å²) >= 11 is 1.29. The monoisotopic (exact) mass is 361 g/mol. The number of methoxy groups -OCH3 is 1. The van der Waals surface area contributed by atoms with E-state index in [0.29, 0.717) is 0 Å². The van der Waals surface area contributed by atoms with Crippen LogP contribution in [0, 0.1) is 10.1 Å². The molecule has 0 saturated heterocycles. The molecule has 2 aromatic carbocycles. The van der Waals surface area contributed by atoms with Crippen LogP contribution in [0.15, 0.2) is 53.4 Å². The minimum Gasteiger partial charge on any atom is -0.497 e. The van der Waals surface area contributed by atoms with Gasteiger partial charge in [-0.05, 0) is 30.3 Å². The molecule has 0 radical (unpaired) electrons. The Labute approximate surface area is 147 Å². The number of hydrazine groups is 1. The first-order chi connectivity index (χ1) is 12.0. The second-order valence-electron chi connectivity index (χ2n) is 4.77.